The van der Waals surface area contributed by atoms with E-state index in [9.17, 15) is 8.42 Å². The first-order chi connectivity index (χ1) is 16.8. The second-order valence-electron chi connectivity index (χ2n) is 8.51. The van der Waals surface area contributed by atoms with Gasteiger partial charge in [-0.1, -0.05) is 41.6 Å². The van der Waals surface area contributed by atoms with E-state index in [1.54, 1.807) is 37.4 Å². The minimum atomic E-state index is -3.30. The van der Waals surface area contributed by atoms with Crippen LogP contribution >= 0.6 is 0 Å². The van der Waals surface area contributed by atoms with Crippen LogP contribution in [0, 0.1) is 13.8 Å². The third-order valence-electron chi connectivity index (χ3n) is 5.71. The summed E-state index contributed by atoms with van der Waals surface area (Å²) in [5, 5.41) is 5.03. The number of aryl methyl sites for hydroxylation is 2. The van der Waals surface area contributed by atoms with E-state index in [-0.39, 0.29) is 4.90 Å². The van der Waals surface area contributed by atoms with Gasteiger partial charge >= 0.3 is 0 Å². The van der Waals surface area contributed by atoms with Gasteiger partial charge in [-0.15, -0.1) is 0 Å². The normalized spacial score (nSPS) is 12.3. The van der Waals surface area contributed by atoms with Crippen LogP contribution in [0.25, 0.3) is 33.7 Å². The molecule has 0 fully saturated rings. The molecule has 3 aromatic carbocycles. The van der Waals surface area contributed by atoms with Crippen LogP contribution in [0.4, 0.5) is 0 Å². The largest absolute Gasteiger partial charge is 0.334 e. The molecule has 6 nitrogen and oxygen atoms in total. The Balaban J connectivity index is 1.64. The van der Waals surface area contributed by atoms with E-state index in [1.807, 2.05) is 24.3 Å². The Hall–Kier alpha value is -4.10. The summed E-state index contributed by atoms with van der Waals surface area (Å²) in [7, 11) is -3.30. The van der Waals surface area contributed by atoms with Gasteiger partial charge in [-0.05, 0) is 78.6 Å². The second-order valence-corrected chi connectivity index (χ2v) is 10.5. The van der Waals surface area contributed by atoms with Crippen molar-refractivity contribution in [2.75, 3.05) is 6.26 Å². The summed E-state index contributed by atoms with van der Waals surface area (Å²) in [5.41, 5.74) is 6.62. The highest BCUT2D eigenvalue weighted by Gasteiger charge is 2.15. The fourth-order valence-electron chi connectivity index (χ4n) is 4.08. The number of hydrogen-bond acceptors (Lipinski definition) is 6. The third kappa shape index (κ3) is 4.76. The zero-order valence-electron chi connectivity index (χ0n) is 19.6. The Morgan fingerprint density at radius 3 is 2.46 bits per heavy atom. The van der Waals surface area contributed by atoms with Gasteiger partial charge in [0.1, 0.15) is 0 Å². The zero-order chi connectivity index (χ0) is 24.6. The van der Waals surface area contributed by atoms with Crippen molar-refractivity contribution < 1.29 is 12.9 Å². The number of rotatable bonds is 5. The molecule has 2 heterocycles. The first-order valence-electron chi connectivity index (χ1n) is 11.1. The molecule has 0 saturated heterocycles. The summed E-state index contributed by atoms with van der Waals surface area (Å²) in [4.78, 5) is 9.28. The lowest BCUT2D eigenvalue weighted by Crippen LogP contribution is -1.97. The Bertz CT molecular complexity index is 1680. The van der Waals surface area contributed by atoms with E-state index in [0.717, 1.165) is 38.7 Å². The van der Waals surface area contributed by atoms with E-state index >= 15 is 0 Å². The molecule has 7 heteroatoms. The summed E-state index contributed by atoms with van der Waals surface area (Å²) in [5.74, 6) is 0.882. The molecule has 0 atom stereocenters. The van der Waals surface area contributed by atoms with Crippen molar-refractivity contribution in [3.8, 4) is 11.1 Å². The van der Waals surface area contributed by atoms with Crippen LogP contribution < -0.4 is 0 Å². The van der Waals surface area contributed by atoms with E-state index in [2.05, 4.69) is 52.4 Å². The smallest absolute Gasteiger partial charge is 0.258 e. The van der Waals surface area contributed by atoms with Crippen molar-refractivity contribution in [2.45, 2.75) is 18.7 Å². The van der Waals surface area contributed by atoms with Crippen LogP contribution in [0.15, 0.2) is 88.4 Å². The Labute approximate surface area is 203 Å². The van der Waals surface area contributed by atoms with E-state index in [1.165, 1.54) is 6.26 Å². The molecule has 0 radical (unpaired) electrons. The van der Waals surface area contributed by atoms with Crippen molar-refractivity contribution in [1.82, 2.24) is 15.1 Å². The first-order valence-corrected chi connectivity index (χ1v) is 13.0. The quantitative estimate of drug-likeness (QED) is 0.291. The van der Waals surface area contributed by atoms with Crippen LogP contribution in [0.5, 0.6) is 0 Å². The van der Waals surface area contributed by atoms with Gasteiger partial charge in [-0.2, -0.15) is 4.98 Å². The highest BCUT2D eigenvalue weighted by atomic mass is 32.2. The molecule has 0 unspecified atom stereocenters. The topological polar surface area (TPSA) is 86.0 Å². The SMILES string of the molecule is Cc1cc(-c2cccc(/C=C(/c3ccc(S(C)(=O)=O)cc3)c3nc(C)no3)c2)c2ncccc2c1. The average Bonchev–Trinajstić information content (AvgIpc) is 3.27. The minimum Gasteiger partial charge on any atom is -0.334 e. The number of pyridine rings is 1. The monoisotopic (exact) mass is 481 g/mol. The van der Waals surface area contributed by atoms with Gasteiger partial charge in [0.2, 0.25) is 0 Å². The van der Waals surface area contributed by atoms with Crippen molar-refractivity contribution in [2.24, 2.45) is 0 Å². The summed E-state index contributed by atoms with van der Waals surface area (Å²) in [6.07, 6.45) is 4.97. The average molecular weight is 482 g/mol. The molecule has 0 aliphatic rings. The Morgan fingerprint density at radius 2 is 1.74 bits per heavy atom. The van der Waals surface area contributed by atoms with Gasteiger partial charge in [-0.25, -0.2) is 8.42 Å². The predicted molar refractivity (Wildman–Crippen MR) is 137 cm³/mol. The molecule has 0 bridgehead atoms. The van der Waals surface area contributed by atoms with Crippen molar-refractivity contribution in [1.29, 1.82) is 0 Å². The fourth-order valence-corrected chi connectivity index (χ4v) is 4.71. The molecule has 5 aromatic rings. The molecular weight excluding hydrogens is 458 g/mol. The van der Waals surface area contributed by atoms with Crippen LogP contribution in [0.1, 0.15) is 28.4 Å². The summed E-state index contributed by atoms with van der Waals surface area (Å²) in [6.45, 7) is 3.84. The molecule has 0 aliphatic heterocycles. The van der Waals surface area contributed by atoms with E-state index < -0.39 is 9.84 Å². The maximum Gasteiger partial charge on any atom is 0.258 e. The van der Waals surface area contributed by atoms with Crippen LogP contribution in [0.3, 0.4) is 0 Å². The summed E-state index contributed by atoms with van der Waals surface area (Å²) in [6, 6.07) is 23.1. The molecule has 174 valence electrons. The second kappa shape index (κ2) is 8.92. The van der Waals surface area contributed by atoms with Gasteiger partial charge in [0.05, 0.1) is 10.4 Å². The molecule has 35 heavy (non-hydrogen) atoms. The number of nitrogens with zero attached hydrogens (tertiary/aromatic N) is 3. The lowest BCUT2D eigenvalue weighted by molar-refractivity contribution is 0.403. The Kier molecular flexibility index (Phi) is 5.78. The van der Waals surface area contributed by atoms with Gasteiger partial charge in [0.25, 0.3) is 5.89 Å². The minimum absolute atomic E-state index is 0.253. The number of fused-ring (bicyclic) bond motifs is 1. The standard InChI is InChI=1S/C28H23N3O3S/c1-18-14-23-8-5-13-29-27(23)25(15-18)22-7-4-6-20(16-22)17-26(28-30-19(2)31-34-28)21-9-11-24(12-10-21)35(3,32)33/h4-17H,1-3H3/b26-17-. The van der Waals surface area contributed by atoms with E-state index in [4.69, 9.17) is 4.52 Å². The number of benzene rings is 3. The maximum absolute atomic E-state index is 11.9. The molecular formula is C28H23N3O3S. The van der Waals surface area contributed by atoms with Crippen molar-refractivity contribution >= 4 is 32.4 Å². The van der Waals surface area contributed by atoms with E-state index in [0.29, 0.717) is 17.3 Å². The number of sulfone groups is 1. The third-order valence-corrected chi connectivity index (χ3v) is 6.84. The molecule has 2 aromatic heterocycles. The first kappa shape index (κ1) is 22.7. The molecule has 0 aliphatic carbocycles. The maximum atomic E-state index is 11.9. The summed E-state index contributed by atoms with van der Waals surface area (Å²) < 4.78 is 29.3. The number of hydrogen-bond donors (Lipinski definition) is 0. The van der Waals surface area contributed by atoms with Gasteiger partial charge in [0.15, 0.2) is 15.7 Å². The van der Waals surface area contributed by atoms with Gasteiger partial charge < -0.3 is 4.52 Å². The molecule has 5 rings (SSSR count). The van der Waals surface area contributed by atoms with Crippen LogP contribution in [0.2, 0.25) is 0 Å². The highest BCUT2D eigenvalue weighted by Crippen LogP contribution is 2.31. The molecule has 0 saturated carbocycles. The summed E-state index contributed by atoms with van der Waals surface area (Å²) >= 11 is 0. The van der Waals surface area contributed by atoms with Crippen LogP contribution in [-0.2, 0) is 9.84 Å². The molecule has 0 N–H and O–H groups in total. The highest BCUT2D eigenvalue weighted by molar-refractivity contribution is 7.90. The lowest BCUT2D eigenvalue weighted by Gasteiger charge is -2.10. The van der Waals surface area contributed by atoms with Gasteiger partial charge in [-0.3, -0.25) is 4.98 Å². The molecule has 0 spiro atoms. The van der Waals surface area contributed by atoms with Crippen molar-refractivity contribution in [3.63, 3.8) is 0 Å². The lowest BCUT2D eigenvalue weighted by atomic mass is 9.96. The van der Waals surface area contributed by atoms with Crippen molar-refractivity contribution in [3.05, 3.63) is 107 Å². The molecule has 0 amide bonds. The Morgan fingerprint density at radius 1 is 0.943 bits per heavy atom. The zero-order valence-corrected chi connectivity index (χ0v) is 20.4. The number of aromatic nitrogens is 3. The fraction of sp³-hybridized carbons (Fsp3) is 0.107. The predicted octanol–water partition coefficient (Wildman–Crippen LogP) is 5.89. The van der Waals surface area contributed by atoms with Crippen LogP contribution in [-0.4, -0.2) is 29.8 Å². The van der Waals surface area contributed by atoms with Gasteiger partial charge in [0, 0.05) is 29.0 Å².